The Labute approximate surface area is 184 Å². The van der Waals surface area contributed by atoms with Gasteiger partial charge in [0.15, 0.2) is 11.6 Å². The average Bonchev–Trinajstić information content (AvgIpc) is 3.14. The third-order valence-electron chi connectivity index (χ3n) is 4.79. The van der Waals surface area contributed by atoms with Crippen LogP contribution < -0.4 is 5.32 Å². The van der Waals surface area contributed by atoms with Gasteiger partial charge in [-0.25, -0.2) is 13.9 Å². The number of carbonyl (C=O) groups excluding carboxylic acids is 1. The zero-order valence-corrected chi connectivity index (χ0v) is 17.4. The molecule has 4 rings (SSSR count). The molecule has 4 aromatic rings. The molecule has 0 fully saturated rings. The summed E-state index contributed by atoms with van der Waals surface area (Å²) in [5.74, 6) is -0.779. The van der Waals surface area contributed by atoms with Gasteiger partial charge < -0.3 is 4.74 Å². The van der Waals surface area contributed by atoms with Crippen LogP contribution in [0.5, 0.6) is 0 Å². The lowest BCUT2D eigenvalue weighted by atomic mass is 10.1. The highest BCUT2D eigenvalue weighted by Crippen LogP contribution is 2.27. The standard InChI is InChI=1S/C24H19ClFN3O2/c1-16(20-9-5-6-10-21(20)25)31-24(30)28-23-22(26)15-27-29(23)19-13-11-18(12-14-19)17-7-3-2-4-8-17/h2-16H,1H3,(H,28,30). The molecular weight excluding hydrogens is 417 g/mol. The van der Waals surface area contributed by atoms with Crippen molar-refractivity contribution >= 4 is 23.5 Å². The van der Waals surface area contributed by atoms with E-state index in [1.165, 1.54) is 4.68 Å². The summed E-state index contributed by atoms with van der Waals surface area (Å²) < 4.78 is 21.0. The van der Waals surface area contributed by atoms with E-state index in [9.17, 15) is 9.18 Å². The van der Waals surface area contributed by atoms with Gasteiger partial charge in [-0.2, -0.15) is 5.10 Å². The summed E-state index contributed by atoms with van der Waals surface area (Å²) in [5, 5.41) is 6.97. The number of carbonyl (C=O) groups is 1. The first-order valence-corrected chi connectivity index (χ1v) is 10.0. The van der Waals surface area contributed by atoms with E-state index < -0.39 is 18.0 Å². The van der Waals surface area contributed by atoms with Gasteiger partial charge in [0.2, 0.25) is 0 Å². The first-order valence-electron chi connectivity index (χ1n) is 9.64. The van der Waals surface area contributed by atoms with Crippen molar-refractivity contribution in [2.45, 2.75) is 13.0 Å². The largest absolute Gasteiger partial charge is 0.441 e. The van der Waals surface area contributed by atoms with E-state index in [0.717, 1.165) is 17.3 Å². The minimum absolute atomic E-state index is 0.108. The van der Waals surface area contributed by atoms with Crippen LogP contribution in [0.4, 0.5) is 15.0 Å². The molecule has 3 aromatic carbocycles. The number of anilines is 1. The summed E-state index contributed by atoms with van der Waals surface area (Å²) in [6, 6.07) is 24.4. The van der Waals surface area contributed by atoms with Crippen molar-refractivity contribution in [2.75, 3.05) is 5.32 Å². The second kappa shape index (κ2) is 9.02. The summed E-state index contributed by atoms with van der Waals surface area (Å²) in [6.07, 6.45) is -0.384. The van der Waals surface area contributed by atoms with E-state index in [0.29, 0.717) is 16.3 Å². The maximum Gasteiger partial charge on any atom is 0.413 e. The zero-order valence-electron chi connectivity index (χ0n) is 16.6. The molecule has 0 aliphatic carbocycles. The van der Waals surface area contributed by atoms with Crippen molar-refractivity contribution < 1.29 is 13.9 Å². The lowest BCUT2D eigenvalue weighted by molar-refractivity contribution is 0.121. The van der Waals surface area contributed by atoms with Gasteiger partial charge in [-0.1, -0.05) is 72.3 Å². The summed E-state index contributed by atoms with van der Waals surface area (Å²) in [6.45, 7) is 1.69. The Bertz CT molecular complexity index is 1190. The normalized spacial score (nSPS) is 11.7. The summed E-state index contributed by atoms with van der Waals surface area (Å²) in [5.41, 5.74) is 3.33. The van der Waals surface area contributed by atoms with Gasteiger partial charge in [-0.15, -0.1) is 0 Å². The Morgan fingerprint density at radius 2 is 1.65 bits per heavy atom. The molecular formula is C24H19ClFN3O2. The van der Waals surface area contributed by atoms with Crippen LogP contribution in [0.1, 0.15) is 18.6 Å². The molecule has 0 saturated carbocycles. The Morgan fingerprint density at radius 3 is 2.35 bits per heavy atom. The molecule has 5 nitrogen and oxygen atoms in total. The molecule has 1 atom stereocenters. The molecule has 0 bridgehead atoms. The second-order valence-corrected chi connectivity index (χ2v) is 7.27. The summed E-state index contributed by atoms with van der Waals surface area (Å²) >= 11 is 6.15. The van der Waals surface area contributed by atoms with Crippen molar-refractivity contribution in [1.82, 2.24) is 9.78 Å². The molecule has 0 saturated heterocycles. The number of benzene rings is 3. The second-order valence-electron chi connectivity index (χ2n) is 6.86. The topological polar surface area (TPSA) is 56.1 Å². The number of rotatable bonds is 5. The first-order chi connectivity index (χ1) is 15.0. The average molecular weight is 436 g/mol. The SMILES string of the molecule is CC(OC(=O)Nc1c(F)cnn1-c1ccc(-c2ccccc2)cc1)c1ccccc1Cl. The van der Waals surface area contributed by atoms with Crippen molar-refractivity contribution in [3.05, 3.63) is 101 Å². The van der Waals surface area contributed by atoms with Gasteiger partial charge in [-0.3, -0.25) is 5.32 Å². The maximum absolute atomic E-state index is 14.4. The predicted molar refractivity (Wildman–Crippen MR) is 119 cm³/mol. The minimum Gasteiger partial charge on any atom is -0.441 e. The van der Waals surface area contributed by atoms with Crippen LogP contribution in [0.3, 0.4) is 0 Å². The van der Waals surface area contributed by atoms with Crippen molar-refractivity contribution in [1.29, 1.82) is 0 Å². The van der Waals surface area contributed by atoms with E-state index in [1.54, 1.807) is 43.3 Å². The quantitative estimate of drug-likeness (QED) is 0.382. The molecule has 31 heavy (non-hydrogen) atoms. The van der Waals surface area contributed by atoms with Gasteiger partial charge in [0, 0.05) is 10.6 Å². The number of halogens is 2. The number of aromatic nitrogens is 2. The van der Waals surface area contributed by atoms with Gasteiger partial charge in [-0.05, 0) is 36.2 Å². The van der Waals surface area contributed by atoms with Crippen LogP contribution in [-0.2, 0) is 4.74 Å². The predicted octanol–water partition coefficient (Wildman–Crippen LogP) is 6.64. The maximum atomic E-state index is 14.4. The summed E-state index contributed by atoms with van der Waals surface area (Å²) in [4.78, 5) is 12.4. The highest BCUT2D eigenvalue weighted by Gasteiger charge is 2.19. The fourth-order valence-electron chi connectivity index (χ4n) is 3.22. The molecule has 1 unspecified atom stereocenters. The number of amides is 1. The van der Waals surface area contributed by atoms with E-state index in [1.807, 2.05) is 42.5 Å². The smallest absolute Gasteiger partial charge is 0.413 e. The third-order valence-corrected chi connectivity index (χ3v) is 5.14. The van der Waals surface area contributed by atoms with Gasteiger partial charge >= 0.3 is 6.09 Å². The molecule has 1 amide bonds. The molecule has 0 radical (unpaired) electrons. The van der Waals surface area contributed by atoms with Gasteiger partial charge in [0.05, 0.1) is 11.9 Å². The van der Waals surface area contributed by atoms with Crippen molar-refractivity contribution in [3.8, 4) is 16.8 Å². The van der Waals surface area contributed by atoms with E-state index in [4.69, 9.17) is 16.3 Å². The Hall–Kier alpha value is -3.64. The van der Waals surface area contributed by atoms with E-state index in [2.05, 4.69) is 10.4 Å². The number of hydrogen-bond acceptors (Lipinski definition) is 3. The molecule has 7 heteroatoms. The minimum atomic E-state index is -0.811. The van der Waals surface area contributed by atoms with Crippen LogP contribution in [0.2, 0.25) is 5.02 Å². The monoisotopic (exact) mass is 435 g/mol. The molecule has 0 spiro atoms. The highest BCUT2D eigenvalue weighted by atomic mass is 35.5. The highest BCUT2D eigenvalue weighted by molar-refractivity contribution is 6.31. The molecule has 0 aliphatic rings. The number of nitrogens with one attached hydrogen (secondary N) is 1. The van der Waals surface area contributed by atoms with Crippen LogP contribution in [0, 0.1) is 5.82 Å². The molecule has 1 aromatic heterocycles. The van der Waals surface area contributed by atoms with Crippen molar-refractivity contribution in [3.63, 3.8) is 0 Å². The van der Waals surface area contributed by atoms with Crippen LogP contribution in [-0.4, -0.2) is 15.9 Å². The van der Waals surface area contributed by atoms with Crippen LogP contribution in [0.25, 0.3) is 16.8 Å². The fourth-order valence-corrected chi connectivity index (χ4v) is 3.51. The van der Waals surface area contributed by atoms with Gasteiger partial charge in [0.1, 0.15) is 6.10 Å². The van der Waals surface area contributed by atoms with Gasteiger partial charge in [0.25, 0.3) is 0 Å². The summed E-state index contributed by atoms with van der Waals surface area (Å²) in [7, 11) is 0. The van der Waals surface area contributed by atoms with E-state index in [-0.39, 0.29) is 5.82 Å². The van der Waals surface area contributed by atoms with Crippen LogP contribution in [0.15, 0.2) is 85.1 Å². The molecule has 1 N–H and O–H groups in total. The van der Waals surface area contributed by atoms with Crippen LogP contribution >= 0.6 is 11.6 Å². The zero-order chi connectivity index (χ0) is 21.8. The van der Waals surface area contributed by atoms with Crippen molar-refractivity contribution in [2.24, 2.45) is 0 Å². The Kier molecular flexibility index (Phi) is 6.00. The Balaban J connectivity index is 1.51. The molecule has 1 heterocycles. The van der Waals surface area contributed by atoms with E-state index >= 15 is 0 Å². The Morgan fingerprint density at radius 1 is 1.00 bits per heavy atom. The first kappa shape index (κ1) is 20.6. The fraction of sp³-hybridized carbons (Fsp3) is 0.0833. The number of ether oxygens (including phenoxy) is 1. The molecule has 0 aliphatic heterocycles. The lowest BCUT2D eigenvalue weighted by Crippen LogP contribution is -2.19. The number of nitrogens with zero attached hydrogens (tertiary/aromatic N) is 2. The lowest BCUT2D eigenvalue weighted by Gasteiger charge is -2.16. The molecule has 156 valence electrons. The number of hydrogen-bond donors (Lipinski definition) is 1. The third kappa shape index (κ3) is 4.59.